The summed E-state index contributed by atoms with van der Waals surface area (Å²) in [5, 5.41) is 4.22. The molecule has 1 heterocycles. The van der Waals surface area contributed by atoms with Crippen LogP contribution in [0.25, 0.3) is 11.1 Å². The van der Waals surface area contributed by atoms with Gasteiger partial charge in [0.15, 0.2) is 5.54 Å². The Kier molecular flexibility index (Phi) is 3.70. The molecule has 20 heavy (non-hydrogen) atoms. The van der Waals surface area contributed by atoms with E-state index in [2.05, 4.69) is 5.10 Å². The van der Waals surface area contributed by atoms with Crippen LogP contribution in [0.2, 0.25) is 0 Å². The molecule has 0 atom stereocenters. The summed E-state index contributed by atoms with van der Waals surface area (Å²) in [6.07, 6.45) is 4.26. The minimum atomic E-state index is -0.865. The average Bonchev–Trinajstić information content (AvgIpc) is 2.97. The van der Waals surface area contributed by atoms with Gasteiger partial charge in [-0.15, -0.1) is 0 Å². The molecule has 2 rings (SSSR count). The molecule has 104 valence electrons. The van der Waals surface area contributed by atoms with Gasteiger partial charge in [-0.25, -0.2) is 4.79 Å². The van der Waals surface area contributed by atoms with Gasteiger partial charge in [0, 0.05) is 17.3 Å². The molecule has 0 saturated heterocycles. The first-order valence-corrected chi connectivity index (χ1v) is 6.18. The van der Waals surface area contributed by atoms with E-state index in [1.54, 1.807) is 43.1 Å². The molecule has 0 spiro atoms. The molecular formula is C15H16N2O3. The van der Waals surface area contributed by atoms with Crippen molar-refractivity contribution in [1.29, 1.82) is 0 Å². The van der Waals surface area contributed by atoms with Crippen LogP contribution in [0.4, 0.5) is 0 Å². The summed E-state index contributed by atoms with van der Waals surface area (Å²) in [5.74, 6) is -0.358. The Hall–Kier alpha value is -2.43. The number of benzene rings is 1. The summed E-state index contributed by atoms with van der Waals surface area (Å²) < 4.78 is 6.35. The number of hydrogen-bond acceptors (Lipinski definition) is 4. The predicted octanol–water partition coefficient (Wildman–Crippen LogP) is 2.27. The van der Waals surface area contributed by atoms with Gasteiger partial charge in [-0.1, -0.05) is 24.3 Å². The summed E-state index contributed by atoms with van der Waals surface area (Å²) in [7, 11) is 1.35. The number of carbonyl (C=O) groups is 2. The molecule has 1 aromatic heterocycles. The molecule has 0 N–H and O–H groups in total. The minimum Gasteiger partial charge on any atom is -0.467 e. The topological polar surface area (TPSA) is 61.2 Å². The largest absolute Gasteiger partial charge is 0.467 e. The smallest absolute Gasteiger partial charge is 0.333 e. The van der Waals surface area contributed by atoms with Crippen LogP contribution in [-0.4, -0.2) is 29.1 Å². The SMILES string of the molecule is COC(=O)C(C)(C)n1cc(-c2ccc(C=O)cc2)cn1. The number of aldehydes is 1. The minimum absolute atomic E-state index is 0.358. The first-order chi connectivity index (χ1) is 9.48. The number of hydrogen-bond donors (Lipinski definition) is 0. The zero-order chi connectivity index (χ0) is 14.8. The Balaban J connectivity index is 2.32. The second-order valence-electron chi connectivity index (χ2n) is 4.96. The van der Waals surface area contributed by atoms with Gasteiger partial charge in [0.1, 0.15) is 6.29 Å². The van der Waals surface area contributed by atoms with Crippen molar-refractivity contribution >= 4 is 12.3 Å². The highest BCUT2D eigenvalue weighted by molar-refractivity contribution is 5.78. The Labute approximate surface area is 117 Å². The maximum Gasteiger partial charge on any atom is 0.333 e. The number of carbonyl (C=O) groups excluding carboxylic acids is 2. The third-order valence-electron chi connectivity index (χ3n) is 3.22. The molecule has 0 radical (unpaired) electrons. The summed E-state index contributed by atoms with van der Waals surface area (Å²) in [5.41, 5.74) is 1.56. The zero-order valence-electron chi connectivity index (χ0n) is 11.7. The first-order valence-electron chi connectivity index (χ1n) is 6.18. The van der Waals surface area contributed by atoms with E-state index < -0.39 is 5.54 Å². The summed E-state index contributed by atoms with van der Waals surface area (Å²) in [4.78, 5) is 22.4. The van der Waals surface area contributed by atoms with Crippen LogP contribution in [0.15, 0.2) is 36.7 Å². The van der Waals surface area contributed by atoms with Crippen LogP contribution in [-0.2, 0) is 15.1 Å². The lowest BCUT2D eigenvalue weighted by atomic mass is 10.1. The molecule has 0 unspecified atom stereocenters. The Morgan fingerprint density at radius 2 is 1.90 bits per heavy atom. The molecule has 0 fully saturated rings. The van der Waals surface area contributed by atoms with Crippen molar-refractivity contribution in [3.63, 3.8) is 0 Å². The van der Waals surface area contributed by atoms with Crippen LogP contribution in [0.3, 0.4) is 0 Å². The molecule has 5 heteroatoms. The fraction of sp³-hybridized carbons (Fsp3) is 0.267. The van der Waals surface area contributed by atoms with Crippen LogP contribution < -0.4 is 0 Å². The lowest BCUT2D eigenvalue weighted by Gasteiger charge is -2.21. The van der Waals surface area contributed by atoms with E-state index in [4.69, 9.17) is 4.74 Å². The lowest BCUT2D eigenvalue weighted by molar-refractivity contribution is -0.150. The van der Waals surface area contributed by atoms with E-state index in [-0.39, 0.29) is 5.97 Å². The van der Waals surface area contributed by atoms with Gasteiger partial charge in [0.05, 0.1) is 13.3 Å². The van der Waals surface area contributed by atoms with E-state index in [0.29, 0.717) is 5.56 Å². The molecule has 5 nitrogen and oxygen atoms in total. The standard InChI is InChI=1S/C15H16N2O3/c1-15(2,14(19)20-3)17-9-13(8-16-17)12-6-4-11(10-18)5-7-12/h4-10H,1-3H3. The van der Waals surface area contributed by atoms with Gasteiger partial charge in [0.2, 0.25) is 0 Å². The van der Waals surface area contributed by atoms with Crippen LogP contribution >= 0.6 is 0 Å². The fourth-order valence-electron chi connectivity index (χ4n) is 1.88. The third kappa shape index (κ3) is 2.47. The predicted molar refractivity (Wildman–Crippen MR) is 74.4 cm³/mol. The van der Waals surface area contributed by atoms with Gasteiger partial charge >= 0.3 is 5.97 Å². The van der Waals surface area contributed by atoms with Crippen molar-refractivity contribution in [2.24, 2.45) is 0 Å². The van der Waals surface area contributed by atoms with Gasteiger partial charge < -0.3 is 4.74 Å². The number of ether oxygens (including phenoxy) is 1. The zero-order valence-corrected chi connectivity index (χ0v) is 11.7. The maximum atomic E-state index is 11.7. The monoisotopic (exact) mass is 272 g/mol. The van der Waals surface area contributed by atoms with E-state index in [9.17, 15) is 9.59 Å². The van der Waals surface area contributed by atoms with Gasteiger partial charge in [0.25, 0.3) is 0 Å². The van der Waals surface area contributed by atoms with E-state index in [1.165, 1.54) is 7.11 Å². The second kappa shape index (κ2) is 5.28. The third-order valence-corrected chi connectivity index (χ3v) is 3.22. The summed E-state index contributed by atoms with van der Waals surface area (Å²) in [6, 6.07) is 7.17. The highest BCUT2D eigenvalue weighted by atomic mass is 16.5. The number of methoxy groups -OCH3 is 1. The number of rotatable bonds is 4. The van der Waals surface area contributed by atoms with Crippen molar-refractivity contribution in [3.8, 4) is 11.1 Å². The van der Waals surface area contributed by atoms with E-state index in [0.717, 1.165) is 17.4 Å². The van der Waals surface area contributed by atoms with Crippen molar-refractivity contribution in [2.45, 2.75) is 19.4 Å². The second-order valence-corrected chi connectivity index (χ2v) is 4.96. The molecule has 0 bridgehead atoms. The van der Waals surface area contributed by atoms with Crippen molar-refractivity contribution in [3.05, 3.63) is 42.2 Å². The molecule has 0 aliphatic heterocycles. The molecule has 0 aliphatic rings. The number of aromatic nitrogens is 2. The van der Waals surface area contributed by atoms with Crippen LogP contribution in [0.1, 0.15) is 24.2 Å². The molecular weight excluding hydrogens is 256 g/mol. The average molecular weight is 272 g/mol. The van der Waals surface area contributed by atoms with Gasteiger partial charge in [-0.3, -0.25) is 9.48 Å². The molecule has 1 aromatic carbocycles. The highest BCUT2D eigenvalue weighted by Gasteiger charge is 2.31. The quantitative estimate of drug-likeness (QED) is 0.632. The number of nitrogens with zero attached hydrogens (tertiary/aromatic N) is 2. The van der Waals surface area contributed by atoms with Crippen LogP contribution in [0, 0.1) is 0 Å². The highest BCUT2D eigenvalue weighted by Crippen LogP contribution is 2.23. The van der Waals surface area contributed by atoms with Crippen molar-refractivity contribution in [1.82, 2.24) is 9.78 Å². The van der Waals surface area contributed by atoms with Gasteiger partial charge in [-0.05, 0) is 19.4 Å². The number of esters is 1. The Bertz CT molecular complexity index is 627. The molecule has 0 amide bonds. The lowest BCUT2D eigenvalue weighted by Crippen LogP contribution is -2.37. The van der Waals surface area contributed by atoms with Crippen molar-refractivity contribution < 1.29 is 14.3 Å². The molecule has 2 aromatic rings. The normalized spacial score (nSPS) is 11.2. The fourth-order valence-corrected chi connectivity index (χ4v) is 1.88. The van der Waals surface area contributed by atoms with Crippen molar-refractivity contribution in [2.75, 3.05) is 7.11 Å². The maximum absolute atomic E-state index is 11.7. The Morgan fingerprint density at radius 3 is 2.45 bits per heavy atom. The first kappa shape index (κ1) is 14.0. The van der Waals surface area contributed by atoms with E-state index >= 15 is 0 Å². The summed E-state index contributed by atoms with van der Waals surface area (Å²) >= 11 is 0. The Morgan fingerprint density at radius 1 is 1.25 bits per heavy atom. The molecule has 0 aliphatic carbocycles. The molecule has 0 saturated carbocycles. The summed E-state index contributed by atoms with van der Waals surface area (Å²) in [6.45, 7) is 3.48. The van der Waals surface area contributed by atoms with E-state index in [1.807, 2.05) is 12.1 Å². The van der Waals surface area contributed by atoms with Gasteiger partial charge in [-0.2, -0.15) is 5.10 Å². The van der Waals surface area contributed by atoms with Crippen LogP contribution in [0.5, 0.6) is 0 Å².